The van der Waals surface area contributed by atoms with Gasteiger partial charge in [0, 0.05) is 11.8 Å². The number of hydrogen-bond acceptors (Lipinski definition) is 6. The molecule has 0 fully saturated rings. The Labute approximate surface area is 116 Å². The summed E-state index contributed by atoms with van der Waals surface area (Å²) < 4.78 is 10.2. The van der Waals surface area contributed by atoms with Crippen LogP contribution in [0.3, 0.4) is 0 Å². The fourth-order valence-corrected chi connectivity index (χ4v) is 1.65. The molecule has 1 aromatic carbocycles. The van der Waals surface area contributed by atoms with Gasteiger partial charge in [-0.1, -0.05) is 6.07 Å². The van der Waals surface area contributed by atoms with Gasteiger partial charge < -0.3 is 15.2 Å². The molecule has 20 heavy (non-hydrogen) atoms. The van der Waals surface area contributed by atoms with E-state index in [1.54, 1.807) is 25.1 Å². The number of nitrogens with zero attached hydrogens (tertiary/aromatic N) is 2. The van der Waals surface area contributed by atoms with E-state index in [0.29, 0.717) is 17.1 Å². The minimum atomic E-state index is -0.615. The average molecular weight is 273 g/mol. The van der Waals surface area contributed by atoms with Crippen molar-refractivity contribution in [1.82, 2.24) is 9.97 Å². The molecule has 104 valence electrons. The number of carbonyl (C=O) groups is 1. The number of anilines is 1. The first kappa shape index (κ1) is 13.8. The van der Waals surface area contributed by atoms with Crippen molar-refractivity contribution in [2.24, 2.45) is 0 Å². The first-order chi connectivity index (χ1) is 9.49. The topological polar surface area (TPSA) is 87.3 Å². The van der Waals surface area contributed by atoms with Crippen LogP contribution in [0.15, 0.2) is 24.3 Å². The lowest BCUT2D eigenvalue weighted by molar-refractivity contribution is 0.0585. The summed E-state index contributed by atoms with van der Waals surface area (Å²) in [5.74, 6) is 0.0570. The number of aryl methyl sites for hydroxylation is 2. The van der Waals surface area contributed by atoms with Crippen LogP contribution in [0.2, 0.25) is 0 Å². The number of aromatic nitrogens is 2. The molecule has 0 atom stereocenters. The molecule has 0 aliphatic heterocycles. The van der Waals surface area contributed by atoms with Gasteiger partial charge in [-0.25, -0.2) is 9.78 Å². The highest BCUT2D eigenvalue weighted by Gasteiger charge is 2.13. The molecule has 0 spiro atoms. The lowest BCUT2D eigenvalue weighted by Gasteiger charge is -2.09. The van der Waals surface area contributed by atoms with Crippen LogP contribution in [0.1, 0.15) is 21.9 Å². The minimum Gasteiger partial charge on any atom is -0.463 e. The number of ether oxygens (including phenoxy) is 2. The third-order valence-corrected chi connectivity index (χ3v) is 2.58. The second kappa shape index (κ2) is 5.56. The highest BCUT2D eigenvalue weighted by atomic mass is 16.5. The fraction of sp³-hybridized carbons (Fsp3) is 0.214. The Morgan fingerprint density at radius 3 is 2.60 bits per heavy atom. The van der Waals surface area contributed by atoms with Crippen LogP contribution in [0.4, 0.5) is 5.69 Å². The van der Waals surface area contributed by atoms with Crippen LogP contribution in [0.5, 0.6) is 11.6 Å². The van der Waals surface area contributed by atoms with E-state index in [-0.39, 0.29) is 11.7 Å². The molecule has 2 rings (SSSR count). The van der Waals surface area contributed by atoms with Gasteiger partial charge in [-0.15, -0.1) is 0 Å². The van der Waals surface area contributed by atoms with Gasteiger partial charge in [-0.2, -0.15) is 4.98 Å². The number of rotatable bonds is 3. The van der Waals surface area contributed by atoms with Crippen molar-refractivity contribution >= 4 is 11.7 Å². The zero-order valence-corrected chi connectivity index (χ0v) is 11.5. The van der Waals surface area contributed by atoms with Crippen molar-refractivity contribution in [3.63, 3.8) is 0 Å². The van der Waals surface area contributed by atoms with Crippen LogP contribution in [0.25, 0.3) is 0 Å². The molecule has 0 saturated carbocycles. The fourth-order valence-electron chi connectivity index (χ4n) is 1.65. The molecule has 0 bridgehead atoms. The van der Waals surface area contributed by atoms with Crippen molar-refractivity contribution in [3.8, 4) is 11.6 Å². The Kier molecular flexibility index (Phi) is 3.84. The van der Waals surface area contributed by atoms with Crippen molar-refractivity contribution in [2.45, 2.75) is 13.8 Å². The Morgan fingerprint density at radius 1 is 1.20 bits per heavy atom. The van der Waals surface area contributed by atoms with Crippen LogP contribution in [0, 0.1) is 13.8 Å². The van der Waals surface area contributed by atoms with E-state index in [9.17, 15) is 4.79 Å². The summed E-state index contributed by atoms with van der Waals surface area (Å²) in [6.45, 7) is 3.67. The molecule has 2 N–H and O–H groups in total. The standard InChI is InChI=1S/C14H15N3O3/c1-8-4-5-11(10(15)6-8)20-12-7-9(2)16-13(17-12)14(18)19-3/h4-7H,15H2,1-3H3. The number of nitrogens with two attached hydrogens (primary N) is 1. The van der Waals surface area contributed by atoms with Gasteiger partial charge >= 0.3 is 5.97 Å². The molecule has 0 radical (unpaired) electrons. The normalized spacial score (nSPS) is 10.2. The highest BCUT2D eigenvalue weighted by Crippen LogP contribution is 2.27. The second-order valence-corrected chi connectivity index (χ2v) is 4.31. The number of hydrogen-bond donors (Lipinski definition) is 1. The van der Waals surface area contributed by atoms with Gasteiger partial charge in [0.05, 0.1) is 12.8 Å². The zero-order chi connectivity index (χ0) is 14.7. The maximum atomic E-state index is 11.5. The van der Waals surface area contributed by atoms with E-state index in [0.717, 1.165) is 5.56 Å². The molecular formula is C14H15N3O3. The third kappa shape index (κ3) is 3.03. The summed E-state index contributed by atoms with van der Waals surface area (Å²) in [5.41, 5.74) is 8.00. The number of methoxy groups -OCH3 is 1. The summed E-state index contributed by atoms with van der Waals surface area (Å²) in [6.07, 6.45) is 0. The molecule has 0 amide bonds. The van der Waals surface area contributed by atoms with Crippen LogP contribution in [-0.2, 0) is 4.74 Å². The van der Waals surface area contributed by atoms with E-state index in [1.165, 1.54) is 7.11 Å². The van der Waals surface area contributed by atoms with E-state index in [4.69, 9.17) is 10.5 Å². The number of carbonyl (C=O) groups excluding carboxylic acids is 1. The van der Waals surface area contributed by atoms with Crippen molar-refractivity contribution in [2.75, 3.05) is 12.8 Å². The number of nitrogen functional groups attached to an aromatic ring is 1. The van der Waals surface area contributed by atoms with Crippen LogP contribution < -0.4 is 10.5 Å². The molecule has 0 aliphatic rings. The summed E-state index contributed by atoms with van der Waals surface area (Å²) in [4.78, 5) is 19.4. The minimum absolute atomic E-state index is 0.0480. The molecule has 0 unspecified atom stereocenters. The summed E-state index contributed by atoms with van der Waals surface area (Å²) in [7, 11) is 1.27. The van der Waals surface area contributed by atoms with Crippen LogP contribution >= 0.6 is 0 Å². The smallest absolute Gasteiger partial charge is 0.376 e. The quantitative estimate of drug-likeness (QED) is 0.681. The molecule has 6 nitrogen and oxygen atoms in total. The summed E-state index contributed by atoms with van der Waals surface area (Å²) in [5, 5.41) is 0. The van der Waals surface area contributed by atoms with E-state index >= 15 is 0 Å². The monoisotopic (exact) mass is 273 g/mol. The molecule has 6 heteroatoms. The molecule has 1 heterocycles. The van der Waals surface area contributed by atoms with Crippen molar-refractivity contribution in [3.05, 3.63) is 41.3 Å². The second-order valence-electron chi connectivity index (χ2n) is 4.31. The van der Waals surface area contributed by atoms with Crippen molar-refractivity contribution < 1.29 is 14.3 Å². The average Bonchev–Trinajstić information content (AvgIpc) is 2.40. The predicted octanol–water partition coefficient (Wildman–Crippen LogP) is 2.25. The van der Waals surface area contributed by atoms with Crippen LogP contribution in [-0.4, -0.2) is 23.0 Å². The molecular weight excluding hydrogens is 258 g/mol. The lowest BCUT2D eigenvalue weighted by Crippen LogP contribution is -2.09. The van der Waals surface area contributed by atoms with Gasteiger partial charge in [0.2, 0.25) is 11.7 Å². The number of esters is 1. The molecule has 0 aliphatic carbocycles. The predicted molar refractivity (Wildman–Crippen MR) is 73.8 cm³/mol. The largest absolute Gasteiger partial charge is 0.463 e. The Bertz CT molecular complexity index is 656. The van der Waals surface area contributed by atoms with Gasteiger partial charge in [0.1, 0.15) is 0 Å². The van der Waals surface area contributed by atoms with Crippen molar-refractivity contribution in [1.29, 1.82) is 0 Å². The molecule has 0 saturated heterocycles. The maximum absolute atomic E-state index is 11.5. The van der Waals surface area contributed by atoms with Gasteiger partial charge in [-0.3, -0.25) is 0 Å². The van der Waals surface area contributed by atoms with E-state index in [1.807, 2.05) is 13.0 Å². The Morgan fingerprint density at radius 2 is 1.95 bits per heavy atom. The maximum Gasteiger partial charge on any atom is 0.376 e. The third-order valence-electron chi connectivity index (χ3n) is 2.58. The Hall–Kier alpha value is -2.63. The first-order valence-electron chi connectivity index (χ1n) is 5.97. The zero-order valence-electron chi connectivity index (χ0n) is 11.5. The molecule has 2 aromatic rings. The van der Waals surface area contributed by atoms with Gasteiger partial charge in [0.25, 0.3) is 0 Å². The van der Waals surface area contributed by atoms with E-state index < -0.39 is 5.97 Å². The van der Waals surface area contributed by atoms with E-state index in [2.05, 4.69) is 14.7 Å². The summed E-state index contributed by atoms with van der Waals surface area (Å²) >= 11 is 0. The van der Waals surface area contributed by atoms with Gasteiger partial charge in [0.15, 0.2) is 5.75 Å². The molecule has 1 aromatic heterocycles. The first-order valence-corrected chi connectivity index (χ1v) is 5.97. The highest BCUT2D eigenvalue weighted by molar-refractivity contribution is 5.85. The lowest BCUT2D eigenvalue weighted by atomic mass is 10.2. The number of benzene rings is 1. The summed E-state index contributed by atoms with van der Waals surface area (Å²) in [6, 6.07) is 7.04. The SMILES string of the molecule is COC(=O)c1nc(C)cc(Oc2ccc(C)cc2N)n1. The Balaban J connectivity index is 2.33. The van der Waals surface area contributed by atoms with Gasteiger partial charge in [-0.05, 0) is 31.5 Å².